The van der Waals surface area contributed by atoms with Crippen LogP contribution in [0.4, 0.5) is 10.5 Å². The number of carbonyl (C=O) groups is 3. The van der Waals surface area contributed by atoms with E-state index in [0.29, 0.717) is 30.8 Å². The number of imide groups is 1. The molecule has 112 valence electrons. The summed E-state index contributed by atoms with van der Waals surface area (Å²) in [6, 6.07) is -0.524. The highest BCUT2D eigenvalue weighted by Gasteiger charge is 2.49. The van der Waals surface area contributed by atoms with E-state index in [4.69, 9.17) is 5.73 Å². The molecule has 0 aliphatic carbocycles. The number of nitrogens with two attached hydrogens (primary N) is 1. The normalized spacial score (nSPS) is 25.1. The van der Waals surface area contributed by atoms with Crippen LogP contribution in [-0.2, 0) is 4.79 Å². The van der Waals surface area contributed by atoms with Crippen molar-refractivity contribution in [3.05, 3.63) is 11.4 Å². The molecule has 1 aromatic rings. The van der Waals surface area contributed by atoms with Gasteiger partial charge in [0.25, 0.3) is 11.8 Å². The quantitative estimate of drug-likeness (QED) is 0.498. The Morgan fingerprint density at radius 3 is 2.76 bits per heavy atom. The first kappa shape index (κ1) is 13.4. The number of aromatic amines is 1. The first-order chi connectivity index (χ1) is 9.93. The van der Waals surface area contributed by atoms with Gasteiger partial charge in [-0.1, -0.05) is 0 Å². The van der Waals surface area contributed by atoms with Crippen LogP contribution >= 0.6 is 0 Å². The van der Waals surface area contributed by atoms with E-state index in [1.807, 2.05) is 0 Å². The molecule has 0 saturated carbocycles. The lowest BCUT2D eigenvalue weighted by atomic mass is 9.89. The Balaban J connectivity index is 1.84. The summed E-state index contributed by atoms with van der Waals surface area (Å²) in [5.74, 6) is -0.735. The highest BCUT2D eigenvalue weighted by molar-refractivity contribution is 6.08. The van der Waals surface area contributed by atoms with Crippen LogP contribution in [0.2, 0.25) is 0 Å². The zero-order valence-corrected chi connectivity index (χ0v) is 11.5. The molecule has 1 unspecified atom stereocenters. The number of nitrogens with one attached hydrogen (secondary N) is 3. The molecule has 9 nitrogen and oxygen atoms in total. The number of nitrogen functional groups attached to an aromatic ring is 1. The molecule has 0 aromatic carbocycles. The maximum Gasteiger partial charge on any atom is 0.322 e. The fraction of sp³-hybridized carbons (Fsp3) is 0.500. The van der Waals surface area contributed by atoms with Gasteiger partial charge in [0.1, 0.15) is 5.54 Å². The number of aromatic nitrogens is 2. The number of piperidine rings is 1. The maximum absolute atomic E-state index is 12.5. The molecular formula is C12H16N6O3. The predicted molar refractivity (Wildman–Crippen MR) is 72.3 cm³/mol. The second kappa shape index (κ2) is 4.47. The van der Waals surface area contributed by atoms with Crippen molar-refractivity contribution in [2.45, 2.75) is 25.3 Å². The number of H-pyrrole nitrogens is 1. The molecule has 2 aliphatic heterocycles. The van der Waals surface area contributed by atoms with Gasteiger partial charge in [-0.15, -0.1) is 0 Å². The molecule has 2 aliphatic rings. The Kier molecular flexibility index (Phi) is 2.85. The predicted octanol–water partition coefficient (Wildman–Crippen LogP) is -0.885. The van der Waals surface area contributed by atoms with Crippen LogP contribution < -0.4 is 16.4 Å². The van der Waals surface area contributed by atoms with Crippen molar-refractivity contribution in [1.82, 2.24) is 25.7 Å². The van der Waals surface area contributed by atoms with E-state index >= 15 is 0 Å². The molecule has 4 amide bonds. The summed E-state index contributed by atoms with van der Waals surface area (Å²) in [5, 5.41) is 11.4. The summed E-state index contributed by atoms with van der Waals surface area (Å²) in [6.45, 7) is 2.34. The SMILES string of the molecule is Cc1[nH]nc(C(=O)N2CCCC3(C2)NC(=O)NC3=O)c1N. The number of amides is 4. The Morgan fingerprint density at radius 2 is 2.19 bits per heavy atom. The number of anilines is 1. The molecule has 0 bridgehead atoms. The number of aryl methyl sites for hydroxylation is 1. The van der Waals surface area contributed by atoms with Crippen LogP contribution in [0.3, 0.4) is 0 Å². The Labute approximate surface area is 120 Å². The summed E-state index contributed by atoms with van der Waals surface area (Å²) in [4.78, 5) is 37.3. The van der Waals surface area contributed by atoms with Gasteiger partial charge in [0, 0.05) is 6.54 Å². The second-order valence-corrected chi connectivity index (χ2v) is 5.43. The average molecular weight is 292 g/mol. The third-order valence-electron chi connectivity index (χ3n) is 3.99. The summed E-state index contributed by atoms with van der Waals surface area (Å²) in [5.41, 5.74) is 5.85. The molecule has 3 heterocycles. The molecule has 9 heteroatoms. The minimum absolute atomic E-state index is 0.120. The lowest BCUT2D eigenvalue weighted by Crippen LogP contribution is -2.59. The molecule has 0 radical (unpaired) electrons. The van der Waals surface area contributed by atoms with Crippen molar-refractivity contribution in [1.29, 1.82) is 0 Å². The van der Waals surface area contributed by atoms with Crippen LogP contribution in [0.15, 0.2) is 0 Å². The standard InChI is InChI=1S/C12H16N6O3/c1-6-7(13)8(17-16-6)9(19)18-4-2-3-12(5-18)10(20)14-11(21)15-12/h2-5,13H2,1H3,(H,16,17)(H2,14,15,20,21). The summed E-state index contributed by atoms with van der Waals surface area (Å²) in [7, 11) is 0. The van der Waals surface area contributed by atoms with E-state index in [9.17, 15) is 14.4 Å². The number of rotatable bonds is 1. The van der Waals surface area contributed by atoms with E-state index in [1.165, 1.54) is 4.90 Å². The van der Waals surface area contributed by atoms with Gasteiger partial charge in [-0.25, -0.2) is 4.79 Å². The van der Waals surface area contributed by atoms with Crippen molar-refractivity contribution in [3.8, 4) is 0 Å². The van der Waals surface area contributed by atoms with E-state index in [1.54, 1.807) is 6.92 Å². The van der Waals surface area contributed by atoms with Gasteiger partial charge in [-0.3, -0.25) is 20.0 Å². The van der Waals surface area contributed by atoms with Gasteiger partial charge in [0.2, 0.25) is 0 Å². The largest absolute Gasteiger partial charge is 0.395 e. The zero-order valence-electron chi connectivity index (χ0n) is 11.5. The van der Waals surface area contributed by atoms with Crippen LogP contribution in [0.25, 0.3) is 0 Å². The van der Waals surface area contributed by atoms with Gasteiger partial charge >= 0.3 is 6.03 Å². The number of carbonyl (C=O) groups excluding carboxylic acids is 3. The average Bonchev–Trinajstić information content (AvgIpc) is 2.90. The monoisotopic (exact) mass is 292 g/mol. The van der Waals surface area contributed by atoms with E-state index in [-0.39, 0.29) is 18.1 Å². The molecular weight excluding hydrogens is 276 g/mol. The van der Waals surface area contributed by atoms with Gasteiger partial charge in [0.05, 0.1) is 17.9 Å². The Hall–Kier alpha value is -2.58. The lowest BCUT2D eigenvalue weighted by Gasteiger charge is -2.37. The summed E-state index contributed by atoms with van der Waals surface area (Å²) in [6.07, 6.45) is 1.12. The minimum Gasteiger partial charge on any atom is -0.395 e. The number of urea groups is 1. The van der Waals surface area contributed by atoms with Crippen LogP contribution in [-0.4, -0.2) is 51.6 Å². The van der Waals surface area contributed by atoms with Gasteiger partial charge in [-0.2, -0.15) is 5.10 Å². The molecule has 5 N–H and O–H groups in total. The number of hydrogen-bond donors (Lipinski definition) is 4. The number of likely N-dealkylation sites (tertiary alicyclic amines) is 1. The third kappa shape index (κ3) is 2.01. The molecule has 1 spiro atoms. The van der Waals surface area contributed by atoms with E-state index in [0.717, 1.165) is 0 Å². The molecule has 21 heavy (non-hydrogen) atoms. The fourth-order valence-corrected chi connectivity index (χ4v) is 2.80. The summed E-state index contributed by atoms with van der Waals surface area (Å²) >= 11 is 0. The van der Waals surface area contributed by atoms with E-state index < -0.39 is 17.5 Å². The fourth-order valence-electron chi connectivity index (χ4n) is 2.80. The summed E-state index contributed by atoms with van der Waals surface area (Å²) < 4.78 is 0. The van der Waals surface area contributed by atoms with Gasteiger partial charge in [0.15, 0.2) is 5.69 Å². The second-order valence-electron chi connectivity index (χ2n) is 5.43. The molecule has 3 rings (SSSR count). The Bertz CT molecular complexity index is 639. The third-order valence-corrected chi connectivity index (χ3v) is 3.99. The maximum atomic E-state index is 12.5. The molecule has 1 aromatic heterocycles. The molecule has 2 fully saturated rings. The highest BCUT2D eigenvalue weighted by Crippen LogP contribution is 2.26. The smallest absolute Gasteiger partial charge is 0.322 e. The first-order valence-corrected chi connectivity index (χ1v) is 6.66. The minimum atomic E-state index is -1.04. The number of hydrogen-bond acceptors (Lipinski definition) is 5. The van der Waals surface area contributed by atoms with Crippen molar-refractivity contribution in [2.75, 3.05) is 18.8 Å². The zero-order chi connectivity index (χ0) is 15.2. The number of nitrogens with zero attached hydrogens (tertiary/aromatic N) is 2. The first-order valence-electron chi connectivity index (χ1n) is 6.66. The molecule has 2 saturated heterocycles. The topological polar surface area (TPSA) is 133 Å². The van der Waals surface area contributed by atoms with Gasteiger partial charge < -0.3 is 16.0 Å². The molecule has 1 atom stereocenters. The van der Waals surface area contributed by atoms with Crippen molar-refractivity contribution < 1.29 is 14.4 Å². The van der Waals surface area contributed by atoms with Gasteiger partial charge in [-0.05, 0) is 19.8 Å². The van der Waals surface area contributed by atoms with E-state index in [2.05, 4.69) is 20.8 Å². The van der Waals surface area contributed by atoms with Crippen LogP contribution in [0.1, 0.15) is 29.0 Å². The lowest BCUT2D eigenvalue weighted by molar-refractivity contribution is -0.125. The highest BCUT2D eigenvalue weighted by atomic mass is 16.2. The van der Waals surface area contributed by atoms with Crippen molar-refractivity contribution in [3.63, 3.8) is 0 Å². The van der Waals surface area contributed by atoms with Crippen molar-refractivity contribution in [2.24, 2.45) is 0 Å². The van der Waals surface area contributed by atoms with Crippen molar-refractivity contribution >= 4 is 23.5 Å². The van der Waals surface area contributed by atoms with Crippen LogP contribution in [0, 0.1) is 6.92 Å². The van der Waals surface area contributed by atoms with Crippen LogP contribution in [0.5, 0.6) is 0 Å². The Morgan fingerprint density at radius 1 is 1.43 bits per heavy atom.